The molecule has 23 heavy (non-hydrogen) atoms. The smallest absolute Gasteiger partial charge is 0.244 e. The maximum atomic E-state index is 12.3. The fraction of sp³-hybridized carbons (Fsp3) is 0.357. The molecule has 0 spiro atoms. The number of nitrogens with one attached hydrogen (secondary N) is 1. The molecule has 9 heteroatoms. The van der Waals surface area contributed by atoms with Crippen LogP contribution in [0.2, 0.25) is 0 Å². The summed E-state index contributed by atoms with van der Waals surface area (Å²) < 4.78 is 27.7. The summed E-state index contributed by atoms with van der Waals surface area (Å²) in [5, 5.41) is 8.06. The molecule has 8 nitrogen and oxygen atoms in total. The molecule has 0 aliphatic carbocycles. The van der Waals surface area contributed by atoms with Crippen molar-refractivity contribution in [3.63, 3.8) is 0 Å². The van der Waals surface area contributed by atoms with Crippen LogP contribution in [0.4, 0.5) is 5.82 Å². The van der Waals surface area contributed by atoms with Crippen molar-refractivity contribution >= 4 is 22.1 Å². The lowest BCUT2D eigenvalue weighted by molar-refractivity contribution is 0.445. The van der Waals surface area contributed by atoms with Crippen LogP contribution in [0, 0.1) is 0 Å². The first-order chi connectivity index (χ1) is 11.0. The SMILES string of the molecule is CCN(CC)S(=O)(=O)c1ccc(N/N=C/c2cnn(C)c2)nc1. The summed E-state index contributed by atoms with van der Waals surface area (Å²) in [5.41, 5.74) is 3.60. The molecule has 2 heterocycles. The zero-order valence-electron chi connectivity index (χ0n) is 13.3. The lowest BCUT2D eigenvalue weighted by Crippen LogP contribution is -2.30. The predicted molar refractivity (Wildman–Crippen MR) is 88.8 cm³/mol. The number of hydrazone groups is 1. The van der Waals surface area contributed by atoms with Crippen LogP contribution < -0.4 is 5.43 Å². The van der Waals surface area contributed by atoms with Crippen molar-refractivity contribution in [2.24, 2.45) is 12.1 Å². The Morgan fingerprint density at radius 2 is 2.04 bits per heavy atom. The van der Waals surface area contributed by atoms with Crippen LogP contribution in [0.25, 0.3) is 0 Å². The van der Waals surface area contributed by atoms with E-state index in [4.69, 9.17) is 0 Å². The van der Waals surface area contributed by atoms with E-state index in [1.54, 1.807) is 37.0 Å². The third kappa shape index (κ3) is 4.14. The van der Waals surface area contributed by atoms with Crippen LogP contribution in [-0.4, -0.2) is 46.8 Å². The monoisotopic (exact) mass is 336 g/mol. The van der Waals surface area contributed by atoms with E-state index in [0.717, 1.165) is 5.56 Å². The number of anilines is 1. The van der Waals surface area contributed by atoms with E-state index < -0.39 is 10.0 Å². The van der Waals surface area contributed by atoms with Gasteiger partial charge in [-0.15, -0.1) is 0 Å². The van der Waals surface area contributed by atoms with Gasteiger partial charge in [-0.2, -0.15) is 14.5 Å². The zero-order valence-corrected chi connectivity index (χ0v) is 14.2. The van der Waals surface area contributed by atoms with Gasteiger partial charge in [-0.3, -0.25) is 10.1 Å². The average molecular weight is 336 g/mol. The molecule has 2 aromatic rings. The van der Waals surface area contributed by atoms with Crippen molar-refractivity contribution in [3.05, 3.63) is 36.3 Å². The molecule has 0 unspecified atom stereocenters. The van der Waals surface area contributed by atoms with E-state index in [1.807, 2.05) is 13.2 Å². The molecule has 1 N–H and O–H groups in total. The molecular weight excluding hydrogens is 316 g/mol. The fourth-order valence-electron chi connectivity index (χ4n) is 1.99. The van der Waals surface area contributed by atoms with Crippen LogP contribution in [0.5, 0.6) is 0 Å². The molecular formula is C14H20N6O2S. The largest absolute Gasteiger partial charge is 0.275 e. The van der Waals surface area contributed by atoms with Crippen molar-refractivity contribution < 1.29 is 8.42 Å². The summed E-state index contributed by atoms with van der Waals surface area (Å²) in [6.07, 6.45) is 6.43. The second-order valence-electron chi connectivity index (χ2n) is 4.79. The van der Waals surface area contributed by atoms with Gasteiger partial charge in [0.1, 0.15) is 10.7 Å². The topological polar surface area (TPSA) is 92.5 Å². The molecule has 0 atom stereocenters. The third-order valence-electron chi connectivity index (χ3n) is 3.20. The second-order valence-corrected chi connectivity index (χ2v) is 6.72. The summed E-state index contributed by atoms with van der Waals surface area (Å²) in [5.74, 6) is 0.462. The first-order valence-corrected chi connectivity index (χ1v) is 8.65. The minimum absolute atomic E-state index is 0.169. The van der Waals surface area contributed by atoms with Crippen LogP contribution in [0.3, 0.4) is 0 Å². The molecule has 2 rings (SSSR count). The summed E-state index contributed by atoms with van der Waals surface area (Å²) in [7, 11) is -1.66. The zero-order chi connectivity index (χ0) is 16.9. The molecule has 0 aliphatic rings. The summed E-state index contributed by atoms with van der Waals surface area (Å²) >= 11 is 0. The number of rotatable bonds is 7. The number of hydrogen-bond acceptors (Lipinski definition) is 6. The number of pyridine rings is 1. The van der Waals surface area contributed by atoms with Gasteiger partial charge in [0, 0.05) is 38.1 Å². The van der Waals surface area contributed by atoms with Gasteiger partial charge in [0.05, 0.1) is 12.4 Å². The van der Waals surface area contributed by atoms with Crippen LogP contribution in [0.15, 0.2) is 40.7 Å². The standard InChI is InChI=1S/C14H20N6O2S/c1-4-20(5-2)23(21,22)13-6-7-14(15-10-13)18-16-8-12-9-17-19(3)11-12/h6-11H,4-5H2,1-3H3,(H,15,18)/b16-8+. The number of aryl methyl sites for hydroxylation is 1. The van der Waals surface area contributed by atoms with Gasteiger partial charge in [-0.05, 0) is 12.1 Å². The molecule has 0 fully saturated rings. The first kappa shape index (κ1) is 17.1. The molecule has 0 radical (unpaired) electrons. The summed E-state index contributed by atoms with van der Waals surface area (Å²) in [6.45, 7) is 4.46. The number of aromatic nitrogens is 3. The van der Waals surface area contributed by atoms with Crippen LogP contribution in [0.1, 0.15) is 19.4 Å². The van der Waals surface area contributed by atoms with E-state index in [2.05, 4.69) is 20.6 Å². The van der Waals surface area contributed by atoms with Gasteiger partial charge in [-0.25, -0.2) is 13.4 Å². The van der Waals surface area contributed by atoms with Crippen molar-refractivity contribution in [3.8, 4) is 0 Å². The highest BCUT2D eigenvalue weighted by molar-refractivity contribution is 7.89. The third-order valence-corrected chi connectivity index (χ3v) is 5.23. The number of sulfonamides is 1. The molecule has 0 amide bonds. The van der Waals surface area contributed by atoms with Crippen molar-refractivity contribution in [1.29, 1.82) is 0 Å². The number of hydrogen-bond donors (Lipinski definition) is 1. The quantitative estimate of drug-likeness (QED) is 0.607. The Labute approximate surface area is 135 Å². The van der Waals surface area contributed by atoms with Gasteiger partial charge in [0.15, 0.2) is 0 Å². The van der Waals surface area contributed by atoms with Crippen LogP contribution >= 0.6 is 0 Å². The Morgan fingerprint density at radius 1 is 1.30 bits per heavy atom. The van der Waals surface area contributed by atoms with Crippen molar-refractivity contribution in [1.82, 2.24) is 19.1 Å². The Bertz CT molecular complexity index is 763. The highest BCUT2D eigenvalue weighted by Gasteiger charge is 2.21. The van der Waals surface area contributed by atoms with E-state index in [9.17, 15) is 8.42 Å². The van der Waals surface area contributed by atoms with Gasteiger partial charge < -0.3 is 0 Å². The second kappa shape index (κ2) is 7.34. The molecule has 0 aromatic carbocycles. The fourth-order valence-corrected chi connectivity index (χ4v) is 3.40. The molecule has 0 saturated heterocycles. The minimum atomic E-state index is -3.49. The van der Waals surface area contributed by atoms with Gasteiger partial charge in [0.25, 0.3) is 0 Å². The maximum absolute atomic E-state index is 12.3. The Balaban J connectivity index is 2.06. The molecule has 124 valence electrons. The lowest BCUT2D eigenvalue weighted by atomic mass is 10.4. The van der Waals surface area contributed by atoms with Crippen LogP contribution in [-0.2, 0) is 17.1 Å². The maximum Gasteiger partial charge on any atom is 0.244 e. The van der Waals surface area contributed by atoms with Gasteiger partial charge in [0.2, 0.25) is 10.0 Å². The predicted octanol–water partition coefficient (Wildman–Crippen LogP) is 1.29. The van der Waals surface area contributed by atoms with Gasteiger partial charge >= 0.3 is 0 Å². The number of nitrogens with zero attached hydrogens (tertiary/aromatic N) is 5. The van der Waals surface area contributed by atoms with E-state index in [-0.39, 0.29) is 4.90 Å². The highest BCUT2D eigenvalue weighted by Crippen LogP contribution is 2.15. The Hall–Kier alpha value is -2.26. The highest BCUT2D eigenvalue weighted by atomic mass is 32.2. The van der Waals surface area contributed by atoms with Crippen molar-refractivity contribution in [2.45, 2.75) is 18.7 Å². The minimum Gasteiger partial charge on any atom is -0.275 e. The molecule has 0 saturated carbocycles. The average Bonchev–Trinajstić information content (AvgIpc) is 2.94. The summed E-state index contributed by atoms with van der Waals surface area (Å²) in [4.78, 5) is 4.25. The van der Waals surface area contributed by atoms with Gasteiger partial charge in [-0.1, -0.05) is 13.8 Å². The van der Waals surface area contributed by atoms with Crippen molar-refractivity contribution in [2.75, 3.05) is 18.5 Å². The normalized spacial score (nSPS) is 12.2. The molecule has 2 aromatic heterocycles. The van der Waals surface area contributed by atoms with E-state index >= 15 is 0 Å². The Kier molecular flexibility index (Phi) is 5.45. The van der Waals surface area contributed by atoms with E-state index in [0.29, 0.717) is 18.9 Å². The molecule has 0 bridgehead atoms. The lowest BCUT2D eigenvalue weighted by Gasteiger charge is -2.18. The summed E-state index contributed by atoms with van der Waals surface area (Å²) in [6, 6.07) is 3.10. The Morgan fingerprint density at radius 3 is 2.57 bits per heavy atom. The first-order valence-electron chi connectivity index (χ1n) is 7.21. The van der Waals surface area contributed by atoms with E-state index in [1.165, 1.54) is 16.6 Å². The molecule has 0 aliphatic heterocycles.